The van der Waals surface area contributed by atoms with Gasteiger partial charge < -0.3 is 33.8 Å². The fourth-order valence-electron chi connectivity index (χ4n) is 9.69. The molecule has 19 heteroatoms. The third-order valence-corrected chi connectivity index (χ3v) is 18.1. The average Bonchev–Trinajstić information content (AvgIpc) is 3.53. The number of aliphatic hydroxyl groups excluding tert-OH is 1. The fraction of sp³-hybridized carbons (Fsp3) is 0.939. The van der Waals surface area contributed by atoms with Crippen molar-refractivity contribution >= 4 is 39.5 Å². The molecule has 0 fully saturated rings. The van der Waals surface area contributed by atoms with Crippen LogP contribution in [0.25, 0.3) is 0 Å². The van der Waals surface area contributed by atoms with E-state index in [1.165, 1.54) is 109 Å². The zero-order valence-electron chi connectivity index (χ0n) is 55.2. The Labute approximate surface area is 517 Å². The average molecular weight is 1260 g/mol. The Kier molecular flexibility index (Phi) is 54.8. The molecule has 5 unspecified atom stereocenters. The van der Waals surface area contributed by atoms with Crippen LogP contribution in [0.2, 0.25) is 0 Å². The van der Waals surface area contributed by atoms with Crippen LogP contribution in [0.1, 0.15) is 319 Å². The number of esters is 4. The number of unbranched alkanes of at least 4 members (excludes halogenated alkanes) is 26. The molecule has 0 rings (SSSR count). The normalized spacial score (nSPS) is 15.3. The smallest absolute Gasteiger partial charge is 0.462 e. The van der Waals surface area contributed by atoms with Crippen LogP contribution in [0.4, 0.5) is 0 Å². The molecular weight excluding hydrogens is 1130 g/mol. The maximum absolute atomic E-state index is 13.0. The van der Waals surface area contributed by atoms with Crippen LogP contribution in [0.3, 0.4) is 0 Å². The minimum atomic E-state index is -4.95. The molecule has 0 heterocycles. The molecule has 85 heavy (non-hydrogen) atoms. The quantitative estimate of drug-likeness (QED) is 0.0222. The summed E-state index contributed by atoms with van der Waals surface area (Å²) in [5.41, 5.74) is 0. The van der Waals surface area contributed by atoms with E-state index < -0.39 is 97.5 Å². The van der Waals surface area contributed by atoms with Crippen LogP contribution in [0, 0.1) is 23.7 Å². The van der Waals surface area contributed by atoms with Crippen molar-refractivity contribution in [1.82, 2.24) is 0 Å². The van der Waals surface area contributed by atoms with Gasteiger partial charge in [-0.05, 0) is 49.4 Å². The first-order valence-electron chi connectivity index (χ1n) is 34.3. The van der Waals surface area contributed by atoms with Gasteiger partial charge in [-0.25, -0.2) is 9.13 Å². The number of ether oxygens (including phenoxy) is 4. The lowest BCUT2D eigenvalue weighted by molar-refractivity contribution is -0.161. The van der Waals surface area contributed by atoms with Gasteiger partial charge in [-0.1, -0.05) is 267 Å². The minimum Gasteiger partial charge on any atom is -0.462 e. The number of aliphatic hydroxyl groups is 1. The molecule has 0 aromatic rings. The molecule has 3 N–H and O–H groups in total. The van der Waals surface area contributed by atoms with Crippen molar-refractivity contribution in [3.8, 4) is 0 Å². The second kappa shape index (κ2) is 56.1. The maximum Gasteiger partial charge on any atom is 0.472 e. The zero-order chi connectivity index (χ0) is 63.2. The van der Waals surface area contributed by atoms with Crippen molar-refractivity contribution in [1.29, 1.82) is 0 Å². The molecule has 0 aliphatic rings. The van der Waals surface area contributed by atoms with Crippen molar-refractivity contribution in [3.63, 3.8) is 0 Å². The second-order valence-corrected chi connectivity index (χ2v) is 28.0. The van der Waals surface area contributed by atoms with Gasteiger partial charge in [-0.2, -0.15) is 0 Å². The third-order valence-electron chi connectivity index (χ3n) is 16.2. The molecule has 0 saturated heterocycles. The molecule has 0 saturated carbocycles. The molecule has 0 radical (unpaired) electrons. The largest absolute Gasteiger partial charge is 0.472 e. The number of rotatable bonds is 63. The molecular formula is C66H128O17P2. The molecule has 0 aromatic heterocycles. The van der Waals surface area contributed by atoms with E-state index in [1.807, 2.05) is 0 Å². The van der Waals surface area contributed by atoms with E-state index in [9.17, 15) is 43.2 Å². The number of hydrogen-bond donors (Lipinski definition) is 3. The Morgan fingerprint density at radius 1 is 0.329 bits per heavy atom. The second-order valence-electron chi connectivity index (χ2n) is 25.1. The topological polar surface area (TPSA) is 237 Å². The Hall–Kier alpha value is -1.94. The van der Waals surface area contributed by atoms with Gasteiger partial charge in [0.25, 0.3) is 0 Å². The summed E-state index contributed by atoms with van der Waals surface area (Å²) in [4.78, 5) is 72.3. The summed E-state index contributed by atoms with van der Waals surface area (Å²) in [5, 5.41) is 10.6. The van der Waals surface area contributed by atoms with Gasteiger partial charge in [0.1, 0.15) is 19.3 Å². The number of phosphoric acid groups is 2. The molecule has 8 atom stereocenters. The lowest BCUT2D eigenvalue weighted by Gasteiger charge is -2.21. The third kappa shape index (κ3) is 57.0. The highest BCUT2D eigenvalue weighted by atomic mass is 31.2. The van der Waals surface area contributed by atoms with E-state index in [1.54, 1.807) is 0 Å². The SMILES string of the molecule is CCC(C)CCCCCCCCCCCCC(=O)O[C@H](COC(=O)CCCCCCCCC(C)C)COP(=O)(O)OC[C@@H](O)COP(=O)(O)OC[C@@H](COC(=O)CCCCCCCCC(C)CC)OC(=O)CCCCCCCCCCC(C)CC. The van der Waals surface area contributed by atoms with Gasteiger partial charge in [-0.15, -0.1) is 0 Å². The minimum absolute atomic E-state index is 0.103. The summed E-state index contributed by atoms with van der Waals surface area (Å²) in [7, 11) is -9.89. The molecule has 0 aromatic carbocycles. The highest BCUT2D eigenvalue weighted by Gasteiger charge is 2.30. The fourth-order valence-corrected chi connectivity index (χ4v) is 11.3. The van der Waals surface area contributed by atoms with Crippen molar-refractivity contribution in [3.05, 3.63) is 0 Å². The summed E-state index contributed by atoms with van der Waals surface area (Å²) < 4.78 is 68.1. The van der Waals surface area contributed by atoms with E-state index in [4.69, 9.17) is 37.0 Å². The number of hydrogen-bond acceptors (Lipinski definition) is 15. The Balaban J connectivity index is 5.26. The molecule has 0 spiro atoms. The van der Waals surface area contributed by atoms with Gasteiger partial charge in [0.05, 0.1) is 26.4 Å². The van der Waals surface area contributed by atoms with E-state index in [0.717, 1.165) is 120 Å². The van der Waals surface area contributed by atoms with E-state index in [0.29, 0.717) is 31.6 Å². The molecule has 0 aliphatic carbocycles. The summed E-state index contributed by atoms with van der Waals surface area (Å²) >= 11 is 0. The molecule has 0 aliphatic heterocycles. The van der Waals surface area contributed by atoms with Crippen LogP contribution >= 0.6 is 15.6 Å². The van der Waals surface area contributed by atoms with E-state index >= 15 is 0 Å². The Morgan fingerprint density at radius 3 is 0.835 bits per heavy atom. The molecule has 17 nitrogen and oxygen atoms in total. The predicted octanol–water partition coefficient (Wildman–Crippen LogP) is 18.1. The summed E-state index contributed by atoms with van der Waals surface area (Å²) in [6.07, 6.45) is 36.2. The number of carbonyl (C=O) groups is 4. The van der Waals surface area contributed by atoms with Gasteiger partial charge in [0, 0.05) is 25.7 Å². The lowest BCUT2D eigenvalue weighted by atomic mass is 9.99. The van der Waals surface area contributed by atoms with Crippen LogP contribution in [-0.4, -0.2) is 96.7 Å². The highest BCUT2D eigenvalue weighted by molar-refractivity contribution is 7.47. The predicted molar refractivity (Wildman–Crippen MR) is 340 cm³/mol. The zero-order valence-corrected chi connectivity index (χ0v) is 57.0. The standard InChI is InChI=1S/C66H128O17P2/c1-9-57(6)43-35-27-18-14-12-13-15-20-32-40-48-65(70)82-61(52-76-63(68)46-38-30-24-22-26-34-42-56(4)5)54-80-84(72,73)78-50-60(67)51-79-85(74,75)81-55-62(53-77-64(69)47-39-31-25-23-29-37-45-59(8)11-3)83-66(71)49-41-33-21-17-16-19-28-36-44-58(7)10-2/h56-62,67H,9-55H2,1-8H3,(H,72,73)(H,74,75)/t57?,58?,59?,60-,61-,62-/m1/s1. The molecule has 504 valence electrons. The van der Waals surface area contributed by atoms with Crippen molar-refractivity contribution in [2.45, 2.75) is 337 Å². The number of phosphoric ester groups is 2. The van der Waals surface area contributed by atoms with Gasteiger partial charge in [0.2, 0.25) is 0 Å². The summed E-state index contributed by atoms with van der Waals surface area (Å²) in [6, 6.07) is 0. The van der Waals surface area contributed by atoms with Crippen molar-refractivity contribution < 1.29 is 80.2 Å². The highest BCUT2D eigenvalue weighted by Crippen LogP contribution is 2.45. The van der Waals surface area contributed by atoms with E-state index in [2.05, 4.69) is 55.4 Å². The summed E-state index contributed by atoms with van der Waals surface area (Å²) in [5.74, 6) is 0.844. The van der Waals surface area contributed by atoms with Crippen molar-refractivity contribution in [2.24, 2.45) is 23.7 Å². The monoisotopic (exact) mass is 1250 g/mol. The molecule has 0 bridgehead atoms. The first-order valence-corrected chi connectivity index (χ1v) is 37.3. The van der Waals surface area contributed by atoms with Gasteiger partial charge in [-0.3, -0.25) is 37.3 Å². The van der Waals surface area contributed by atoms with Gasteiger partial charge in [0.15, 0.2) is 12.2 Å². The lowest BCUT2D eigenvalue weighted by Crippen LogP contribution is -2.30. The van der Waals surface area contributed by atoms with Gasteiger partial charge >= 0.3 is 39.5 Å². The maximum atomic E-state index is 13.0. The Morgan fingerprint density at radius 2 is 0.565 bits per heavy atom. The Bertz CT molecular complexity index is 1700. The first kappa shape index (κ1) is 83.1. The van der Waals surface area contributed by atoms with Crippen molar-refractivity contribution in [2.75, 3.05) is 39.6 Å². The van der Waals surface area contributed by atoms with Crippen LogP contribution in [0.5, 0.6) is 0 Å². The van der Waals surface area contributed by atoms with E-state index in [-0.39, 0.29) is 25.7 Å². The van der Waals surface area contributed by atoms with Crippen LogP contribution in [-0.2, 0) is 65.4 Å². The van der Waals surface area contributed by atoms with Crippen LogP contribution in [0.15, 0.2) is 0 Å². The number of carbonyl (C=O) groups excluding carboxylic acids is 4. The molecule has 0 amide bonds. The summed E-state index contributed by atoms with van der Waals surface area (Å²) in [6.45, 7) is 14.0. The van der Waals surface area contributed by atoms with Crippen LogP contribution < -0.4 is 0 Å². The first-order chi connectivity index (χ1) is 40.7.